The van der Waals surface area contributed by atoms with E-state index in [9.17, 15) is 4.79 Å². The SMILES string of the molecule is O=Cc1cccc2ccc(-c3ccc(Cl)cc3)nc12. The topological polar surface area (TPSA) is 30.0 Å². The third-order valence-corrected chi connectivity index (χ3v) is 3.27. The molecule has 2 nitrogen and oxygen atoms in total. The van der Waals surface area contributed by atoms with Crippen molar-refractivity contribution >= 4 is 28.8 Å². The molecular formula is C16H10ClNO. The summed E-state index contributed by atoms with van der Waals surface area (Å²) in [4.78, 5) is 15.6. The highest BCUT2D eigenvalue weighted by molar-refractivity contribution is 6.30. The molecule has 0 bridgehead atoms. The molecular weight excluding hydrogens is 258 g/mol. The lowest BCUT2D eigenvalue weighted by molar-refractivity contribution is 0.112. The second-order valence-corrected chi connectivity index (χ2v) is 4.68. The maximum absolute atomic E-state index is 11.1. The first-order valence-corrected chi connectivity index (χ1v) is 6.26. The molecule has 0 aliphatic rings. The van der Waals surface area contributed by atoms with Crippen LogP contribution in [0.1, 0.15) is 10.4 Å². The van der Waals surface area contributed by atoms with Crippen molar-refractivity contribution in [2.45, 2.75) is 0 Å². The van der Waals surface area contributed by atoms with Crippen LogP contribution < -0.4 is 0 Å². The van der Waals surface area contributed by atoms with Crippen LogP contribution in [0, 0.1) is 0 Å². The molecule has 0 spiro atoms. The minimum Gasteiger partial charge on any atom is -0.298 e. The minimum atomic E-state index is 0.605. The second-order valence-electron chi connectivity index (χ2n) is 4.24. The molecule has 0 N–H and O–H groups in total. The molecule has 3 aromatic rings. The summed E-state index contributed by atoms with van der Waals surface area (Å²) >= 11 is 5.88. The fourth-order valence-electron chi connectivity index (χ4n) is 2.05. The van der Waals surface area contributed by atoms with Gasteiger partial charge in [-0.05, 0) is 24.3 Å². The predicted molar refractivity (Wildman–Crippen MR) is 77.6 cm³/mol. The lowest BCUT2D eigenvalue weighted by atomic mass is 10.1. The van der Waals surface area contributed by atoms with E-state index in [1.807, 2.05) is 48.5 Å². The number of fused-ring (bicyclic) bond motifs is 1. The molecule has 19 heavy (non-hydrogen) atoms. The maximum atomic E-state index is 11.1. The number of carbonyl (C=O) groups is 1. The summed E-state index contributed by atoms with van der Waals surface area (Å²) in [6.07, 6.45) is 0.834. The zero-order valence-corrected chi connectivity index (χ0v) is 10.8. The monoisotopic (exact) mass is 267 g/mol. The molecule has 0 saturated carbocycles. The van der Waals surface area contributed by atoms with Crippen molar-refractivity contribution in [2.24, 2.45) is 0 Å². The van der Waals surface area contributed by atoms with Gasteiger partial charge >= 0.3 is 0 Å². The molecule has 0 fully saturated rings. The molecule has 0 aliphatic carbocycles. The fraction of sp³-hybridized carbons (Fsp3) is 0. The Hall–Kier alpha value is -2.19. The largest absolute Gasteiger partial charge is 0.298 e. The van der Waals surface area contributed by atoms with Gasteiger partial charge in [-0.1, -0.05) is 41.9 Å². The summed E-state index contributed by atoms with van der Waals surface area (Å²) in [7, 11) is 0. The Labute approximate surface area is 115 Å². The number of rotatable bonds is 2. The van der Waals surface area contributed by atoms with Gasteiger partial charge in [-0.15, -0.1) is 0 Å². The number of pyridine rings is 1. The summed E-state index contributed by atoms with van der Waals surface area (Å²) in [5.74, 6) is 0. The molecule has 0 radical (unpaired) electrons. The van der Waals surface area contributed by atoms with Crippen LogP contribution in [0.4, 0.5) is 0 Å². The Kier molecular flexibility index (Phi) is 3.02. The third kappa shape index (κ3) is 2.23. The summed E-state index contributed by atoms with van der Waals surface area (Å²) in [6, 6.07) is 17.0. The highest BCUT2D eigenvalue weighted by Crippen LogP contribution is 2.23. The van der Waals surface area contributed by atoms with Crippen LogP contribution in [0.25, 0.3) is 22.2 Å². The van der Waals surface area contributed by atoms with E-state index in [0.29, 0.717) is 10.6 Å². The lowest BCUT2D eigenvalue weighted by Gasteiger charge is -2.05. The van der Waals surface area contributed by atoms with Gasteiger partial charge in [0.05, 0.1) is 11.2 Å². The Bertz CT molecular complexity index is 750. The second kappa shape index (κ2) is 4.82. The fourth-order valence-corrected chi connectivity index (χ4v) is 2.17. The highest BCUT2D eigenvalue weighted by Gasteiger charge is 2.04. The van der Waals surface area contributed by atoms with Gasteiger partial charge in [0.1, 0.15) is 0 Å². The van der Waals surface area contributed by atoms with Gasteiger partial charge in [-0.25, -0.2) is 4.98 Å². The van der Waals surface area contributed by atoms with E-state index < -0.39 is 0 Å². The molecule has 0 atom stereocenters. The Morgan fingerprint density at radius 1 is 0.947 bits per heavy atom. The maximum Gasteiger partial charge on any atom is 0.152 e. The van der Waals surface area contributed by atoms with E-state index in [2.05, 4.69) is 4.98 Å². The number of nitrogens with zero attached hydrogens (tertiary/aromatic N) is 1. The quantitative estimate of drug-likeness (QED) is 0.646. The Morgan fingerprint density at radius 3 is 2.47 bits per heavy atom. The molecule has 0 amide bonds. The number of aromatic nitrogens is 1. The Balaban J connectivity index is 2.20. The van der Waals surface area contributed by atoms with E-state index in [-0.39, 0.29) is 0 Å². The van der Waals surface area contributed by atoms with Gasteiger partial charge in [-0.3, -0.25) is 4.79 Å². The zero-order valence-electron chi connectivity index (χ0n) is 10.0. The van der Waals surface area contributed by atoms with Gasteiger partial charge in [0.2, 0.25) is 0 Å². The standard InChI is InChI=1S/C16H10ClNO/c17-14-7-4-11(5-8-14)15-9-6-12-2-1-3-13(10-19)16(12)18-15/h1-10H. The van der Waals surface area contributed by atoms with Gasteiger partial charge in [0.25, 0.3) is 0 Å². The minimum absolute atomic E-state index is 0.605. The van der Waals surface area contributed by atoms with E-state index in [0.717, 1.165) is 28.4 Å². The van der Waals surface area contributed by atoms with Crippen LogP contribution in [0.15, 0.2) is 54.6 Å². The molecule has 92 valence electrons. The summed E-state index contributed by atoms with van der Waals surface area (Å²) in [5.41, 5.74) is 3.14. The molecule has 0 aliphatic heterocycles. The third-order valence-electron chi connectivity index (χ3n) is 3.02. The number of carbonyl (C=O) groups excluding carboxylic acids is 1. The van der Waals surface area contributed by atoms with Crippen LogP contribution in [-0.4, -0.2) is 11.3 Å². The summed E-state index contributed by atoms with van der Waals surface area (Å²) in [5, 5.41) is 1.65. The first kappa shape index (κ1) is 11.9. The number of hydrogen-bond donors (Lipinski definition) is 0. The molecule has 1 heterocycles. The van der Waals surface area contributed by atoms with Crippen molar-refractivity contribution in [3.8, 4) is 11.3 Å². The van der Waals surface area contributed by atoms with Crippen LogP contribution in [0.5, 0.6) is 0 Å². The van der Waals surface area contributed by atoms with Crippen molar-refractivity contribution < 1.29 is 4.79 Å². The van der Waals surface area contributed by atoms with Crippen molar-refractivity contribution in [3.05, 3.63) is 65.2 Å². The lowest BCUT2D eigenvalue weighted by Crippen LogP contribution is -1.90. The zero-order chi connectivity index (χ0) is 13.2. The Morgan fingerprint density at radius 2 is 1.74 bits per heavy atom. The van der Waals surface area contributed by atoms with Gasteiger partial charge in [-0.2, -0.15) is 0 Å². The van der Waals surface area contributed by atoms with E-state index in [1.165, 1.54) is 0 Å². The van der Waals surface area contributed by atoms with Crippen LogP contribution in [0.3, 0.4) is 0 Å². The first-order valence-electron chi connectivity index (χ1n) is 5.89. The van der Waals surface area contributed by atoms with E-state index in [4.69, 9.17) is 11.6 Å². The van der Waals surface area contributed by atoms with Gasteiger partial charge < -0.3 is 0 Å². The number of para-hydroxylation sites is 1. The predicted octanol–water partition coefficient (Wildman–Crippen LogP) is 4.37. The van der Waals surface area contributed by atoms with Gasteiger partial charge in [0, 0.05) is 21.5 Å². The molecule has 0 unspecified atom stereocenters. The molecule has 2 aromatic carbocycles. The molecule has 3 heteroatoms. The van der Waals surface area contributed by atoms with Crippen LogP contribution in [-0.2, 0) is 0 Å². The smallest absolute Gasteiger partial charge is 0.152 e. The average molecular weight is 268 g/mol. The van der Waals surface area contributed by atoms with Crippen molar-refractivity contribution in [2.75, 3.05) is 0 Å². The molecule has 0 saturated heterocycles. The van der Waals surface area contributed by atoms with Crippen molar-refractivity contribution in [1.29, 1.82) is 0 Å². The van der Waals surface area contributed by atoms with Gasteiger partial charge in [0.15, 0.2) is 6.29 Å². The highest BCUT2D eigenvalue weighted by atomic mass is 35.5. The van der Waals surface area contributed by atoms with Crippen LogP contribution >= 0.6 is 11.6 Å². The van der Waals surface area contributed by atoms with E-state index >= 15 is 0 Å². The molecule has 1 aromatic heterocycles. The first-order chi connectivity index (χ1) is 9.28. The average Bonchev–Trinajstić information content (AvgIpc) is 2.47. The summed E-state index contributed by atoms with van der Waals surface area (Å²) < 4.78 is 0. The normalized spacial score (nSPS) is 10.6. The van der Waals surface area contributed by atoms with Crippen molar-refractivity contribution in [1.82, 2.24) is 4.98 Å². The number of hydrogen-bond acceptors (Lipinski definition) is 2. The van der Waals surface area contributed by atoms with E-state index in [1.54, 1.807) is 6.07 Å². The molecule has 3 rings (SSSR count). The number of halogens is 1. The van der Waals surface area contributed by atoms with Crippen LogP contribution in [0.2, 0.25) is 5.02 Å². The number of benzene rings is 2. The number of aldehydes is 1. The summed E-state index contributed by atoms with van der Waals surface area (Å²) in [6.45, 7) is 0. The van der Waals surface area contributed by atoms with Crippen molar-refractivity contribution in [3.63, 3.8) is 0 Å².